The van der Waals surface area contributed by atoms with Gasteiger partial charge in [0.05, 0.1) is 32.1 Å². The van der Waals surface area contributed by atoms with Crippen molar-refractivity contribution in [3.63, 3.8) is 0 Å². The Labute approximate surface area is 222 Å². The molecule has 0 amide bonds. The molecule has 204 valence electrons. The quantitative estimate of drug-likeness (QED) is 0.274. The second-order valence-electron chi connectivity index (χ2n) is 9.04. The summed E-state index contributed by atoms with van der Waals surface area (Å²) < 4.78 is 21.5. The minimum atomic E-state index is -2.38. The molecule has 0 radical (unpaired) electrons. The predicted molar refractivity (Wildman–Crippen MR) is 138 cm³/mol. The molecule has 0 saturated heterocycles. The molecule has 9 nitrogen and oxygen atoms in total. The number of fused-ring (bicyclic) bond motifs is 1. The first-order chi connectivity index (χ1) is 18.2. The first-order valence-electron chi connectivity index (χ1n) is 12.9. The van der Waals surface area contributed by atoms with E-state index in [1.807, 2.05) is 37.3 Å². The standard InChI is InChI=1S/C29H35NO8/c1-7-35-24(31)28(25(32)36-8-2)16-21-18(5)23(20-14-12-11-13-15-20)30-19(6)22(21)17-29(28,26(33)37-9-3)27(34)38-10-4/h11-15H,7-10,16-17H2,1-6H3. The number of esters is 4. The van der Waals surface area contributed by atoms with Gasteiger partial charge in [-0.05, 0) is 58.2 Å². The predicted octanol–water partition coefficient (Wildman–Crippen LogP) is 3.69. The number of nitrogens with zero attached hydrogens (tertiary/aromatic N) is 1. The number of pyridine rings is 1. The Morgan fingerprint density at radius 2 is 1.08 bits per heavy atom. The summed E-state index contributed by atoms with van der Waals surface area (Å²) in [6.07, 6.45) is -0.668. The normalized spacial score (nSPS) is 15.1. The third kappa shape index (κ3) is 4.54. The Morgan fingerprint density at radius 3 is 1.47 bits per heavy atom. The van der Waals surface area contributed by atoms with E-state index in [0.717, 1.165) is 11.1 Å². The zero-order valence-electron chi connectivity index (χ0n) is 22.8. The highest BCUT2D eigenvalue weighted by Gasteiger charge is 2.75. The minimum absolute atomic E-state index is 0.0851. The maximum atomic E-state index is 13.9. The van der Waals surface area contributed by atoms with Crippen molar-refractivity contribution in [3.05, 3.63) is 52.7 Å². The van der Waals surface area contributed by atoms with Crippen LogP contribution in [0, 0.1) is 24.7 Å². The number of carbonyl (C=O) groups excluding carboxylic acids is 4. The van der Waals surface area contributed by atoms with Crippen molar-refractivity contribution < 1.29 is 38.1 Å². The Kier molecular flexibility index (Phi) is 8.91. The minimum Gasteiger partial charge on any atom is -0.465 e. The molecule has 1 heterocycles. The zero-order valence-corrected chi connectivity index (χ0v) is 22.8. The summed E-state index contributed by atoms with van der Waals surface area (Å²) >= 11 is 0. The van der Waals surface area contributed by atoms with Gasteiger partial charge in [0.15, 0.2) is 10.8 Å². The Morgan fingerprint density at radius 1 is 0.684 bits per heavy atom. The van der Waals surface area contributed by atoms with Gasteiger partial charge >= 0.3 is 23.9 Å². The van der Waals surface area contributed by atoms with Crippen molar-refractivity contribution in [3.8, 4) is 11.3 Å². The summed E-state index contributed by atoms with van der Waals surface area (Å²) in [5.74, 6) is -4.18. The second-order valence-corrected chi connectivity index (χ2v) is 9.04. The lowest BCUT2D eigenvalue weighted by Gasteiger charge is -2.46. The molecule has 38 heavy (non-hydrogen) atoms. The second kappa shape index (κ2) is 11.8. The van der Waals surface area contributed by atoms with Crippen molar-refractivity contribution in [2.24, 2.45) is 10.8 Å². The molecular formula is C29H35NO8. The van der Waals surface area contributed by atoms with Crippen LogP contribution in [0.1, 0.15) is 50.1 Å². The van der Waals surface area contributed by atoms with E-state index in [4.69, 9.17) is 23.9 Å². The Balaban J connectivity index is 2.46. The van der Waals surface area contributed by atoms with E-state index in [0.29, 0.717) is 22.5 Å². The van der Waals surface area contributed by atoms with Crippen LogP contribution < -0.4 is 0 Å². The summed E-state index contributed by atoms with van der Waals surface area (Å²) in [5, 5.41) is 0. The monoisotopic (exact) mass is 525 g/mol. The molecule has 1 aliphatic rings. The first-order valence-corrected chi connectivity index (χ1v) is 12.9. The van der Waals surface area contributed by atoms with Crippen molar-refractivity contribution in [1.82, 2.24) is 4.98 Å². The molecule has 0 bridgehead atoms. The van der Waals surface area contributed by atoms with Gasteiger partial charge in [0, 0.05) is 24.1 Å². The average molecular weight is 526 g/mol. The van der Waals surface area contributed by atoms with E-state index in [1.165, 1.54) is 0 Å². The zero-order chi connectivity index (χ0) is 28.1. The third-order valence-electron chi connectivity index (χ3n) is 7.04. The maximum Gasteiger partial charge on any atom is 0.325 e. The number of ether oxygens (including phenoxy) is 4. The first kappa shape index (κ1) is 28.8. The highest BCUT2D eigenvalue weighted by molar-refractivity contribution is 6.15. The lowest BCUT2D eigenvalue weighted by Crippen LogP contribution is -2.66. The molecule has 0 unspecified atom stereocenters. The van der Waals surface area contributed by atoms with Crippen LogP contribution in [0.5, 0.6) is 0 Å². The van der Waals surface area contributed by atoms with E-state index < -0.39 is 34.7 Å². The average Bonchev–Trinajstić information content (AvgIpc) is 2.90. The van der Waals surface area contributed by atoms with Crippen LogP contribution in [0.3, 0.4) is 0 Å². The summed E-state index contributed by atoms with van der Waals surface area (Å²) in [5.41, 5.74) is -0.756. The molecule has 1 aromatic heterocycles. The van der Waals surface area contributed by atoms with Crippen LogP contribution in [0.4, 0.5) is 0 Å². The van der Waals surface area contributed by atoms with Gasteiger partial charge in [0.1, 0.15) is 0 Å². The van der Waals surface area contributed by atoms with Crippen LogP contribution >= 0.6 is 0 Å². The Hall–Kier alpha value is -3.75. The number of aryl methyl sites for hydroxylation is 1. The van der Waals surface area contributed by atoms with Gasteiger partial charge in [0.25, 0.3) is 0 Å². The fraction of sp³-hybridized carbons (Fsp3) is 0.483. The van der Waals surface area contributed by atoms with Gasteiger partial charge in [-0.15, -0.1) is 0 Å². The summed E-state index contributed by atoms with van der Waals surface area (Å²) in [4.78, 5) is 60.2. The molecule has 0 saturated carbocycles. The summed E-state index contributed by atoms with van der Waals surface area (Å²) in [6.45, 7) is 9.59. The molecule has 1 aromatic carbocycles. The van der Waals surface area contributed by atoms with E-state index in [1.54, 1.807) is 34.6 Å². The molecule has 0 N–H and O–H groups in total. The van der Waals surface area contributed by atoms with E-state index in [-0.39, 0.29) is 39.3 Å². The number of rotatable bonds is 9. The number of benzene rings is 1. The largest absolute Gasteiger partial charge is 0.465 e. The van der Waals surface area contributed by atoms with Crippen molar-refractivity contribution in [2.75, 3.05) is 26.4 Å². The summed E-state index contributed by atoms with van der Waals surface area (Å²) in [6, 6.07) is 9.49. The highest BCUT2D eigenvalue weighted by atomic mass is 16.6. The molecule has 1 aliphatic carbocycles. The molecule has 0 aliphatic heterocycles. The van der Waals surface area contributed by atoms with Gasteiger partial charge in [-0.25, -0.2) is 0 Å². The fourth-order valence-electron chi connectivity index (χ4n) is 5.26. The molecule has 0 fully saturated rings. The van der Waals surface area contributed by atoms with Crippen LogP contribution in [0.25, 0.3) is 11.3 Å². The SMILES string of the molecule is CCOC(=O)C1(C(=O)OCC)Cc2c(C)nc(-c3ccccc3)c(C)c2CC1(C(=O)OCC)C(=O)OCC. The van der Waals surface area contributed by atoms with Crippen molar-refractivity contribution >= 4 is 23.9 Å². The lowest BCUT2D eigenvalue weighted by atomic mass is 9.53. The van der Waals surface area contributed by atoms with Crippen LogP contribution in [-0.4, -0.2) is 55.3 Å². The van der Waals surface area contributed by atoms with Crippen LogP contribution in [0.15, 0.2) is 30.3 Å². The molecule has 9 heteroatoms. The van der Waals surface area contributed by atoms with Crippen LogP contribution in [-0.2, 0) is 51.0 Å². The third-order valence-corrected chi connectivity index (χ3v) is 7.04. The molecule has 2 aromatic rings. The van der Waals surface area contributed by atoms with Gasteiger partial charge in [-0.1, -0.05) is 30.3 Å². The van der Waals surface area contributed by atoms with Crippen molar-refractivity contribution in [2.45, 2.75) is 54.4 Å². The summed E-state index contributed by atoms with van der Waals surface area (Å²) in [7, 11) is 0. The van der Waals surface area contributed by atoms with Crippen LogP contribution in [0.2, 0.25) is 0 Å². The van der Waals surface area contributed by atoms with E-state index in [9.17, 15) is 19.2 Å². The molecule has 0 atom stereocenters. The number of hydrogen-bond acceptors (Lipinski definition) is 9. The number of aromatic nitrogens is 1. The van der Waals surface area contributed by atoms with Gasteiger partial charge in [-0.3, -0.25) is 24.2 Å². The smallest absolute Gasteiger partial charge is 0.325 e. The number of carbonyl (C=O) groups is 4. The lowest BCUT2D eigenvalue weighted by molar-refractivity contribution is -0.204. The van der Waals surface area contributed by atoms with Gasteiger partial charge < -0.3 is 18.9 Å². The topological polar surface area (TPSA) is 118 Å². The van der Waals surface area contributed by atoms with E-state index in [2.05, 4.69) is 0 Å². The van der Waals surface area contributed by atoms with Gasteiger partial charge in [0.2, 0.25) is 0 Å². The fourth-order valence-corrected chi connectivity index (χ4v) is 5.26. The number of hydrogen-bond donors (Lipinski definition) is 0. The van der Waals surface area contributed by atoms with Crippen molar-refractivity contribution in [1.29, 1.82) is 0 Å². The Bertz CT molecular complexity index is 1180. The molecular weight excluding hydrogens is 490 g/mol. The van der Waals surface area contributed by atoms with E-state index >= 15 is 0 Å². The van der Waals surface area contributed by atoms with Gasteiger partial charge in [-0.2, -0.15) is 0 Å². The maximum absolute atomic E-state index is 13.9. The molecule has 3 rings (SSSR count). The molecule has 0 spiro atoms. The highest BCUT2D eigenvalue weighted by Crippen LogP contribution is 2.54.